The number of hydrazine groups is 1. The lowest BCUT2D eigenvalue weighted by Crippen LogP contribution is -2.43. The number of aromatic nitrogens is 3. The lowest BCUT2D eigenvalue weighted by molar-refractivity contribution is -0.810. The van der Waals surface area contributed by atoms with E-state index in [1.807, 2.05) is 10.9 Å². The van der Waals surface area contributed by atoms with Crippen LogP contribution in [0.1, 0.15) is 67.0 Å². The molecule has 6 N–H and O–H groups in total. The van der Waals surface area contributed by atoms with E-state index in [-0.39, 0.29) is 33.3 Å². The van der Waals surface area contributed by atoms with Crippen molar-refractivity contribution in [3.05, 3.63) is 41.7 Å². The Hall–Kier alpha value is -3.10. The number of rotatable bonds is 9. The smallest absolute Gasteiger partial charge is 0.412 e. The maximum Gasteiger partial charge on any atom is 0.412 e. The zero-order valence-corrected chi connectivity index (χ0v) is 29.3. The minimum atomic E-state index is -1.97. The van der Waals surface area contributed by atoms with Gasteiger partial charge in [0.2, 0.25) is 6.20 Å². The van der Waals surface area contributed by atoms with Gasteiger partial charge in [0.15, 0.2) is 5.82 Å². The zero-order chi connectivity index (χ0) is 33.3. The molecule has 0 saturated carbocycles. The van der Waals surface area contributed by atoms with Crippen molar-refractivity contribution in [1.82, 2.24) is 14.7 Å². The van der Waals surface area contributed by atoms with Crippen LogP contribution in [0.25, 0.3) is 27.9 Å². The molecule has 0 aliphatic carbocycles. The molecule has 11 nitrogen and oxygen atoms in total. The minimum Gasteiger partial charge on any atom is -0.563 e. The number of hydrogen-bond donors (Lipinski definition) is 4. The Morgan fingerprint density at radius 2 is 2.02 bits per heavy atom. The minimum absolute atomic E-state index is 0.0586. The lowest BCUT2D eigenvalue weighted by Gasteiger charge is -2.48. The molecule has 0 spiro atoms. The van der Waals surface area contributed by atoms with Gasteiger partial charge in [0, 0.05) is 30.2 Å². The van der Waals surface area contributed by atoms with E-state index in [0.29, 0.717) is 30.7 Å². The highest BCUT2D eigenvalue weighted by Crippen LogP contribution is 2.41. The van der Waals surface area contributed by atoms with Crippen molar-refractivity contribution in [3.8, 4) is 11.1 Å². The molecular weight excluding hydrogens is 617 g/mol. The van der Waals surface area contributed by atoms with Gasteiger partial charge in [0.25, 0.3) is 6.23 Å². The summed E-state index contributed by atoms with van der Waals surface area (Å²) in [5.41, 5.74) is 7.48. The first-order valence-corrected chi connectivity index (χ1v) is 18.5. The topological polar surface area (TPSA) is 137 Å². The maximum absolute atomic E-state index is 15.9. The summed E-state index contributed by atoms with van der Waals surface area (Å²) >= 11 is 6.39. The van der Waals surface area contributed by atoms with Gasteiger partial charge in [0.1, 0.15) is 11.4 Å². The van der Waals surface area contributed by atoms with Crippen LogP contribution in [0.2, 0.25) is 23.2 Å². The maximum atomic E-state index is 15.9. The monoisotopic (exact) mass is 664 g/mol. The summed E-state index contributed by atoms with van der Waals surface area (Å²) in [7, 11) is -1.97. The third kappa shape index (κ3) is 8.19. The third-order valence-electron chi connectivity index (χ3n) is 8.22. The normalized spacial score (nSPS) is 16.7. The van der Waals surface area contributed by atoms with E-state index in [0.717, 1.165) is 24.8 Å². The van der Waals surface area contributed by atoms with Crippen LogP contribution in [0.5, 0.6) is 0 Å². The van der Waals surface area contributed by atoms with Crippen molar-refractivity contribution < 1.29 is 27.8 Å². The predicted octanol–water partition coefficient (Wildman–Crippen LogP) is 6.67. The number of nitrogens with zero attached hydrogens (tertiary/aromatic N) is 3. The van der Waals surface area contributed by atoms with Gasteiger partial charge >= 0.3 is 6.09 Å². The number of H-pyrrole nitrogens is 1. The third-order valence-corrected chi connectivity index (χ3v) is 13.0. The Kier molecular flexibility index (Phi) is 10.3. The number of nitrogens with one attached hydrogen (secondary N) is 2. The first-order valence-electron chi connectivity index (χ1n) is 15.3. The van der Waals surface area contributed by atoms with E-state index < -0.39 is 25.8 Å². The molecule has 1 fully saturated rings. The molecule has 249 valence electrons. The van der Waals surface area contributed by atoms with Gasteiger partial charge in [-0.15, -0.1) is 18.1 Å². The second-order valence-electron chi connectivity index (χ2n) is 14.0. The van der Waals surface area contributed by atoms with E-state index in [1.54, 1.807) is 33.2 Å². The fraction of sp³-hybridized carbons (Fsp3) is 0.548. The van der Waals surface area contributed by atoms with Gasteiger partial charge in [-0.25, -0.2) is 15.0 Å². The number of ether oxygens (including phenoxy) is 2. The first kappa shape index (κ1) is 34.8. The Morgan fingerprint density at radius 3 is 2.64 bits per heavy atom. The van der Waals surface area contributed by atoms with E-state index in [4.69, 9.17) is 37.1 Å². The molecule has 3 heterocycles. The number of carbonyl (C=O) groups excluding carboxylic acids is 1. The molecule has 4 rings (SSSR count). The fourth-order valence-electron chi connectivity index (χ4n) is 4.85. The lowest BCUT2D eigenvalue weighted by atomic mass is 10.1. The van der Waals surface area contributed by atoms with Crippen LogP contribution in [-0.4, -0.2) is 54.4 Å². The van der Waals surface area contributed by atoms with Gasteiger partial charge < -0.3 is 24.6 Å². The van der Waals surface area contributed by atoms with Crippen molar-refractivity contribution in [3.63, 3.8) is 0 Å². The van der Waals surface area contributed by atoms with Crippen LogP contribution in [0.15, 0.2) is 30.9 Å². The quantitative estimate of drug-likeness (QED) is 0.0867. The van der Waals surface area contributed by atoms with Crippen LogP contribution < -0.4 is 21.6 Å². The molecule has 1 aliphatic rings. The number of hydrogen-bond acceptors (Lipinski definition) is 7. The molecule has 2 aromatic heterocycles. The molecule has 14 heteroatoms. The average Bonchev–Trinajstić information content (AvgIpc) is 3.56. The first-order chi connectivity index (χ1) is 20.9. The van der Waals surface area contributed by atoms with E-state index in [1.165, 1.54) is 21.8 Å². The van der Waals surface area contributed by atoms with Gasteiger partial charge in [0.05, 0.1) is 47.3 Å². The van der Waals surface area contributed by atoms with E-state index >= 15 is 4.39 Å². The summed E-state index contributed by atoms with van der Waals surface area (Å²) in [6, 6.07) is 1.37. The van der Waals surface area contributed by atoms with Crippen LogP contribution in [0.3, 0.4) is 0 Å². The van der Waals surface area contributed by atoms with Gasteiger partial charge in [-0.1, -0.05) is 37.1 Å². The summed E-state index contributed by atoms with van der Waals surface area (Å²) in [4.78, 5) is 12.9. The summed E-state index contributed by atoms with van der Waals surface area (Å²) < 4.78 is 37.0. The number of amides is 1. The Labute approximate surface area is 270 Å². The van der Waals surface area contributed by atoms with Gasteiger partial charge in [-0.05, 0) is 48.0 Å². The fourth-order valence-corrected chi connectivity index (χ4v) is 6.08. The van der Waals surface area contributed by atoms with Crippen molar-refractivity contribution in [2.45, 2.75) is 90.8 Å². The standard InChI is InChI=1S/C31H47ClFN7O4Si/c1-30(2,3)44-29(41)37-23-15-22(32)27(33)28-26(23)21(20-16-36-40(17-20)25-11-9-10-13-42-25)18-39(28)24(34)19-38(35)12-14-43-45(7,8)31(4,5)6/h15-19,25H,9-14,34-35H2,1-8H3,(H,37,41)/q-1/p+1/b24-19+. The van der Waals surface area contributed by atoms with Crippen LogP contribution in [0.4, 0.5) is 14.9 Å². The van der Waals surface area contributed by atoms with Crippen molar-refractivity contribution in [1.29, 1.82) is 0 Å². The van der Waals surface area contributed by atoms with Crippen LogP contribution >= 0.6 is 11.6 Å². The number of benzene rings is 1. The highest BCUT2D eigenvalue weighted by Gasteiger charge is 2.29. The molecule has 45 heavy (non-hydrogen) atoms. The number of aromatic amines is 1. The Morgan fingerprint density at radius 1 is 1.31 bits per heavy atom. The molecule has 1 aromatic carbocycles. The molecule has 0 radical (unpaired) electrons. The van der Waals surface area contributed by atoms with E-state index in [2.05, 4.69) is 44.3 Å². The zero-order valence-electron chi connectivity index (χ0n) is 27.6. The number of halogens is 2. The summed E-state index contributed by atoms with van der Waals surface area (Å²) in [5.74, 6) is 5.75. The Bertz CT molecular complexity index is 1550. The number of fused-ring (bicyclic) bond motifs is 1. The van der Waals surface area contributed by atoms with E-state index in [9.17, 15) is 4.79 Å². The highest BCUT2D eigenvalue weighted by atomic mass is 35.5. The molecule has 1 unspecified atom stereocenters. The summed E-state index contributed by atoms with van der Waals surface area (Å²) in [6.45, 7) is 17.6. The van der Waals surface area contributed by atoms with Crippen LogP contribution in [-0.2, 0) is 13.9 Å². The average molecular weight is 665 g/mol. The predicted molar refractivity (Wildman–Crippen MR) is 178 cm³/mol. The largest absolute Gasteiger partial charge is 0.563 e. The van der Waals surface area contributed by atoms with Crippen molar-refractivity contribution >= 4 is 48.4 Å². The van der Waals surface area contributed by atoms with Gasteiger partial charge in [-0.3, -0.25) is 9.88 Å². The second-order valence-corrected chi connectivity index (χ2v) is 19.2. The van der Waals surface area contributed by atoms with Crippen molar-refractivity contribution in [2.24, 2.45) is 11.6 Å². The van der Waals surface area contributed by atoms with Gasteiger partial charge in [-0.2, -0.15) is 5.10 Å². The molecule has 3 aromatic rings. The number of carbonyl (C=O) groups is 1. The molecule has 1 saturated heterocycles. The molecule has 1 atom stereocenters. The molecule has 1 amide bonds. The highest BCUT2D eigenvalue weighted by molar-refractivity contribution is 6.74. The molecular formula is C31H48ClFN7O4Si. The molecule has 1 aliphatic heterocycles. The number of anilines is 1. The summed E-state index contributed by atoms with van der Waals surface area (Å²) in [6.07, 6.45) is 9.00. The number of nitrogens with two attached hydrogens (primary N) is 2. The Balaban J connectivity index is 1.76. The summed E-state index contributed by atoms with van der Waals surface area (Å²) in [5, 5.41) is 7.67. The molecule has 0 bridgehead atoms. The SMILES string of the molecule is CC(C)(C)OC(=O)Nc1cc(Cl)c(F)c2c1c(-c1c[nH][n+](C3CCCCO3)c1)cn2/C(N)=C/N(N)CCO[Si-](C)(C)C(C)(C)C. The van der Waals surface area contributed by atoms with Crippen molar-refractivity contribution in [2.75, 3.05) is 25.1 Å². The second kappa shape index (κ2) is 13.3. The van der Waals surface area contributed by atoms with Crippen LogP contribution in [0, 0.1) is 5.82 Å².